The van der Waals surface area contributed by atoms with Crippen molar-refractivity contribution in [1.82, 2.24) is 0 Å². The van der Waals surface area contributed by atoms with Crippen molar-refractivity contribution in [1.29, 1.82) is 0 Å². The first-order chi connectivity index (χ1) is 29.8. The molecule has 0 unspecified atom stereocenters. The molecule has 0 atom stereocenters. The van der Waals surface area contributed by atoms with Gasteiger partial charge in [-0.25, -0.2) is 0 Å². The third-order valence-corrected chi connectivity index (χ3v) is 11.7. The van der Waals surface area contributed by atoms with Gasteiger partial charge in [0.2, 0.25) is 0 Å². The zero-order chi connectivity index (χ0) is 39.8. The first-order valence-electron chi connectivity index (χ1n) is 20.5. The van der Waals surface area contributed by atoms with Crippen molar-refractivity contribution in [2.75, 3.05) is 4.90 Å². The Morgan fingerprint density at radius 3 is 1.62 bits per heavy atom. The molecule has 0 radical (unpaired) electrons. The van der Waals surface area contributed by atoms with E-state index in [0.29, 0.717) is 0 Å². The van der Waals surface area contributed by atoms with Crippen molar-refractivity contribution in [3.63, 3.8) is 0 Å². The molecule has 0 N–H and O–H groups in total. The maximum atomic E-state index is 6.49. The summed E-state index contributed by atoms with van der Waals surface area (Å²) in [6.07, 6.45) is 0. The predicted octanol–water partition coefficient (Wildman–Crippen LogP) is 16.5. The van der Waals surface area contributed by atoms with Crippen molar-refractivity contribution < 1.29 is 4.42 Å². The predicted molar refractivity (Wildman–Crippen MR) is 253 cm³/mol. The van der Waals surface area contributed by atoms with Gasteiger partial charge in [-0.1, -0.05) is 188 Å². The van der Waals surface area contributed by atoms with Crippen molar-refractivity contribution in [2.24, 2.45) is 0 Å². The van der Waals surface area contributed by atoms with Crippen LogP contribution in [0.1, 0.15) is 0 Å². The van der Waals surface area contributed by atoms with Crippen molar-refractivity contribution in [2.45, 2.75) is 0 Å². The minimum Gasteiger partial charge on any atom is -0.456 e. The first kappa shape index (κ1) is 35.2. The van der Waals surface area contributed by atoms with E-state index in [1.165, 1.54) is 55.3 Å². The van der Waals surface area contributed by atoms with E-state index in [4.69, 9.17) is 4.42 Å². The number of hydrogen-bond acceptors (Lipinski definition) is 2. The third kappa shape index (κ3) is 6.32. The Labute approximate surface area is 349 Å². The molecule has 0 fully saturated rings. The molecule has 0 saturated heterocycles. The normalized spacial score (nSPS) is 11.3. The lowest BCUT2D eigenvalue weighted by molar-refractivity contribution is 0.669. The number of furan rings is 1. The quantitative estimate of drug-likeness (QED) is 0.153. The molecule has 11 rings (SSSR count). The van der Waals surface area contributed by atoms with E-state index in [2.05, 4.69) is 235 Å². The van der Waals surface area contributed by atoms with Gasteiger partial charge < -0.3 is 9.32 Å². The lowest BCUT2D eigenvalue weighted by Gasteiger charge is -2.29. The van der Waals surface area contributed by atoms with E-state index in [9.17, 15) is 0 Å². The van der Waals surface area contributed by atoms with Gasteiger partial charge in [0.1, 0.15) is 11.2 Å². The summed E-state index contributed by atoms with van der Waals surface area (Å²) in [7, 11) is 0. The number of rotatable bonds is 8. The fourth-order valence-electron chi connectivity index (χ4n) is 8.82. The summed E-state index contributed by atoms with van der Waals surface area (Å²) < 4.78 is 6.49. The molecule has 60 heavy (non-hydrogen) atoms. The van der Waals surface area contributed by atoms with Crippen LogP contribution in [0.2, 0.25) is 0 Å². The van der Waals surface area contributed by atoms with E-state index in [1.54, 1.807) is 0 Å². The van der Waals surface area contributed by atoms with Gasteiger partial charge in [-0.15, -0.1) is 0 Å². The molecule has 282 valence electrons. The topological polar surface area (TPSA) is 16.4 Å². The summed E-state index contributed by atoms with van der Waals surface area (Å²) in [5.41, 5.74) is 16.7. The van der Waals surface area contributed by atoms with Gasteiger partial charge in [-0.05, 0) is 109 Å². The molecule has 0 bridgehead atoms. The van der Waals surface area contributed by atoms with Gasteiger partial charge in [0.25, 0.3) is 0 Å². The molecule has 2 nitrogen and oxygen atoms in total. The number of benzene rings is 10. The van der Waals surface area contributed by atoms with Crippen LogP contribution in [-0.2, 0) is 0 Å². The van der Waals surface area contributed by atoms with E-state index >= 15 is 0 Å². The van der Waals surface area contributed by atoms with Gasteiger partial charge in [-0.3, -0.25) is 0 Å². The average molecular weight is 766 g/mol. The summed E-state index contributed by atoms with van der Waals surface area (Å²) in [5.74, 6) is 0. The van der Waals surface area contributed by atoms with Gasteiger partial charge >= 0.3 is 0 Å². The van der Waals surface area contributed by atoms with Crippen LogP contribution in [0.5, 0.6) is 0 Å². The highest BCUT2D eigenvalue weighted by molar-refractivity contribution is 6.14. The van der Waals surface area contributed by atoms with Crippen molar-refractivity contribution >= 4 is 49.8 Å². The maximum absolute atomic E-state index is 6.49. The second kappa shape index (κ2) is 15.1. The summed E-state index contributed by atoms with van der Waals surface area (Å²) in [5, 5.41) is 4.64. The van der Waals surface area contributed by atoms with Crippen LogP contribution < -0.4 is 4.90 Å². The smallest absolute Gasteiger partial charge is 0.137 e. The zero-order valence-corrected chi connectivity index (χ0v) is 32.9. The van der Waals surface area contributed by atoms with Gasteiger partial charge in [0.15, 0.2) is 0 Å². The Balaban J connectivity index is 1.11. The minimum atomic E-state index is 0.857. The summed E-state index contributed by atoms with van der Waals surface area (Å²) in [6.45, 7) is 0. The van der Waals surface area contributed by atoms with Crippen LogP contribution in [0.25, 0.3) is 88.3 Å². The SMILES string of the molecule is c1ccc(-c2ccc(-c3ccccc3-c3ccccc3N(c3ccc(-c4ccc5ccccc5c4)cc3)c3cccc4oc5ccccc5c34)c(-c3ccccc3)c2)cc1. The summed E-state index contributed by atoms with van der Waals surface area (Å²) >= 11 is 0. The minimum absolute atomic E-state index is 0.857. The van der Waals surface area contributed by atoms with Crippen molar-refractivity contribution in [3.05, 3.63) is 237 Å². The van der Waals surface area contributed by atoms with Crippen molar-refractivity contribution in [3.8, 4) is 55.6 Å². The number of nitrogens with zero attached hydrogens (tertiary/aromatic N) is 1. The largest absolute Gasteiger partial charge is 0.456 e. The van der Waals surface area contributed by atoms with E-state index in [-0.39, 0.29) is 0 Å². The van der Waals surface area contributed by atoms with E-state index < -0.39 is 0 Å². The van der Waals surface area contributed by atoms with Gasteiger partial charge in [0.05, 0.1) is 16.8 Å². The maximum Gasteiger partial charge on any atom is 0.137 e. The highest BCUT2D eigenvalue weighted by atomic mass is 16.3. The van der Waals surface area contributed by atoms with Gasteiger partial charge in [0, 0.05) is 16.6 Å². The average Bonchev–Trinajstić information content (AvgIpc) is 3.72. The van der Waals surface area contributed by atoms with Crippen LogP contribution in [-0.4, -0.2) is 0 Å². The molecule has 1 aromatic heterocycles. The Kier molecular flexibility index (Phi) is 8.87. The molecular weight excluding hydrogens is 727 g/mol. The Morgan fingerprint density at radius 1 is 0.283 bits per heavy atom. The zero-order valence-electron chi connectivity index (χ0n) is 32.9. The fraction of sp³-hybridized carbons (Fsp3) is 0. The molecule has 0 aliphatic heterocycles. The molecule has 0 aliphatic rings. The Hall–Kier alpha value is -7.94. The molecular formula is C58H39NO. The van der Waals surface area contributed by atoms with Gasteiger partial charge in [-0.2, -0.15) is 0 Å². The molecule has 0 aliphatic carbocycles. The molecule has 1 heterocycles. The first-order valence-corrected chi connectivity index (χ1v) is 20.5. The molecule has 0 amide bonds. The lowest BCUT2D eigenvalue weighted by Crippen LogP contribution is -2.11. The van der Waals surface area contributed by atoms with Crippen LogP contribution >= 0.6 is 0 Å². The number of fused-ring (bicyclic) bond motifs is 4. The standard InChI is InChI=1S/C58H39NO/c1-3-16-40(17-4-1)46-34-37-50(53(39-46)43-19-5-2-6-20-43)48-22-9-10-23-49(48)51-24-11-13-26-54(51)59(55-27-15-29-57-58(55)52-25-12-14-28-56(52)60-57)47-35-32-42(33-36-47)45-31-30-41-18-7-8-21-44(41)38-45/h1-39H. The Morgan fingerprint density at radius 2 is 0.817 bits per heavy atom. The molecule has 10 aromatic carbocycles. The van der Waals surface area contributed by atoms with E-state index in [0.717, 1.165) is 50.1 Å². The van der Waals surface area contributed by atoms with Crippen LogP contribution in [0.4, 0.5) is 17.1 Å². The second-order valence-electron chi connectivity index (χ2n) is 15.2. The van der Waals surface area contributed by atoms with Crippen LogP contribution in [0, 0.1) is 0 Å². The number of anilines is 3. The molecule has 11 aromatic rings. The lowest BCUT2D eigenvalue weighted by atomic mass is 9.87. The fourth-order valence-corrected chi connectivity index (χ4v) is 8.82. The molecule has 0 saturated carbocycles. The highest BCUT2D eigenvalue weighted by Crippen LogP contribution is 2.48. The summed E-state index contributed by atoms with van der Waals surface area (Å²) in [6, 6.07) is 85.0. The second-order valence-corrected chi connectivity index (χ2v) is 15.2. The monoisotopic (exact) mass is 765 g/mol. The van der Waals surface area contributed by atoms with Crippen LogP contribution in [0.3, 0.4) is 0 Å². The Bertz CT molecular complexity index is 3310. The highest BCUT2D eigenvalue weighted by Gasteiger charge is 2.23. The third-order valence-electron chi connectivity index (χ3n) is 11.7. The number of hydrogen-bond donors (Lipinski definition) is 0. The molecule has 0 spiro atoms. The number of para-hydroxylation sites is 2. The van der Waals surface area contributed by atoms with Crippen LogP contribution in [0.15, 0.2) is 241 Å². The van der Waals surface area contributed by atoms with E-state index in [1.807, 2.05) is 6.07 Å². The molecule has 2 heteroatoms. The summed E-state index contributed by atoms with van der Waals surface area (Å²) in [4.78, 5) is 2.41.